The van der Waals surface area contributed by atoms with Crippen LogP contribution in [0.2, 0.25) is 5.02 Å². The van der Waals surface area contributed by atoms with Crippen LogP contribution in [0.25, 0.3) is 11.0 Å². The first-order chi connectivity index (χ1) is 22.3. The van der Waals surface area contributed by atoms with E-state index in [0.29, 0.717) is 31.1 Å². The molecule has 2 saturated heterocycles. The molecule has 0 aliphatic carbocycles. The Morgan fingerprint density at radius 2 is 1.72 bits per heavy atom. The van der Waals surface area contributed by atoms with E-state index >= 15 is 0 Å². The van der Waals surface area contributed by atoms with Gasteiger partial charge < -0.3 is 19.5 Å². The van der Waals surface area contributed by atoms with Gasteiger partial charge in [0.15, 0.2) is 22.6 Å². The molecular weight excluding hydrogens is 609 g/mol. The lowest BCUT2D eigenvalue weighted by molar-refractivity contribution is -0.135. The maximum atomic E-state index is 14.4. The molecule has 0 spiro atoms. The van der Waals surface area contributed by atoms with E-state index in [1.807, 2.05) is 17.0 Å². The lowest BCUT2D eigenvalue weighted by atomic mass is 9.86. The molecule has 6 rings (SSSR count). The molecule has 1 aromatic heterocycles. The molecule has 10 heteroatoms. The molecular formula is C36H35ClFN3O5. The van der Waals surface area contributed by atoms with Gasteiger partial charge in [0.1, 0.15) is 6.04 Å². The Kier molecular flexibility index (Phi) is 9.49. The number of amides is 3. The second kappa shape index (κ2) is 13.9. The second-order valence-corrected chi connectivity index (χ2v) is 12.5. The Morgan fingerprint density at radius 3 is 2.48 bits per heavy atom. The summed E-state index contributed by atoms with van der Waals surface area (Å²) in [5, 5.41) is 3.32. The highest BCUT2D eigenvalue weighted by Gasteiger charge is 2.32. The zero-order valence-corrected chi connectivity index (χ0v) is 26.1. The number of rotatable bonds is 8. The van der Waals surface area contributed by atoms with Gasteiger partial charge in [-0.1, -0.05) is 54.1 Å². The average Bonchev–Trinajstić information content (AvgIpc) is 3.07. The number of carbonyl (C=O) groups excluding carboxylic acids is 3. The quantitative estimate of drug-likeness (QED) is 0.260. The van der Waals surface area contributed by atoms with Crippen molar-refractivity contribution in [1.82, 2.24) is 15.1 Å². The molecule has 2 fully saturated rings. The van der Waals surface area contributed by atoms with E-state index < -0.39 is 23.2 Å². The number of para-hydroxylation sites is 1. The minimum absolute atomic E-state index is 0.0253. The van der Waals surface area contributed by atoms with Gasteiger partial charge in [-0.05, 0) is 72.6 Å². The lowest BCUT2D eigenvalue weighted by Crippen LogP contribution is -2.51. The van der Waals surface area contributed by atoms with Crippen LogP contribution in [-0.2, 0) is 22.6 Å². The predicted molar refractivity (Wildman–Crippen MR) is 173 cm³/mol. The molecule has 1 N–H and O–H groups in total. The van der Waals surface area contributed by atoms with Crippen molar-refractivity contribution in [3.8, 4) is 0 Å². The summed E-state index contributed by atoms with van der Waals surface area (Å²) in [4.78, 5) is 56.1. The van der Waals surface area contributed by atoms with Gasteiger partial charge in [0.2, 0.25) is 11.8 Å². The summed E-state index contributed by atoms with van der Waals surface area (Å²) in [6, 6.07) is 19.2. The third-order valence-corrected chi connectivity index (χ3v) is 9.22. The Morgan fingerprint density at radius 1 is 0.957 bits per heavy atom. The van der Waals surface area contributed by atoms with Gasteiger partial charge in [0, 0.05) is 50.1 Å². The normalized spacial score (nSPS) is 16.4. The molecule has 1 atom stereocenters. The van der Waals surface area contributed by atoms with Crippen molar-refractivity contribution in [2.75, 3.05) is 19.6 Å². The third kappa shape index (κ3) is 6.99. The van der Waals surface area contributed by atoms with Crippen molar-refractivity contribution in [3.05, 3.63) is 116 Å². The molecule has 0 bridgehead atoms. The van der Waals surface area contributed by atoms with Crippen LogP contribution < -0.4 is 10.7 Å². The standard InChI is InChI=1S/C36H35ClFN3O5/c37-26-13-11-23(12-14-26)20-30(39-35(44)32-21-31(42)28-8-5-9-29(38)34(28)46-32)36(45)40-18-15-24(16-19-40)27-7-2-1-6-25(27)22-41-17-4-3-10-33(41)43/h1-2,5-9,11-14,21,24,30H,3-4,10,15-20,22H2,(H,39,44)/t30-/m1/s1. The first-order valence-corrected chi connectivity index (χ1v) is 16.1. The molecule has 2 aliphatic rings. The Bertz CT molecular complexity index is 1820. The van der Waals surface area contributed by atoms with Crippen molar-refractivity contribution in [3.63, 3.8) is 0 Å². The van der Waals surface area contributed by atoms with E-state index in [1.165, 1.54) is 17.7 Å². The number of hydrogen-bond acceptors (Lipinski definition) is 5. The number of nitrogens with one attached hydrogen (secondary N) is 1. The van der Waals surface area contributed by atoms with Gasteiger partial charge in [-0.3, -0.25) is 19.2 Å². The molecule has 238 valence electrons. The number of carbonyl (C=O) groups is 3. The summed E-state index contributed by atoms with van der Waals surface area (Å²) in [5.41, 5.74) is 2.26. The van der Waals surface area contributed by atoms with Gasteiger partial charge in [-0.25, -0.2) is 4.39 Å². The monoisotopic (exact) mass is 643 g/mol. The Hall–Kier alpha value is -4.50. The molecule has 2 aliphatic heterocycles. The smallest absolute Gasteiger partial charge is 0.287 e. The number of benzene rings is 3. The number of halogens is 2. The highest BCUT2D eigenvalue weighted by Crippen LogP contribution is 2.32. The highest BCUT2D eigenvalue weighted by atomic mass is 35.5. The van der Waals surface area contributed by atoms with Crippen molar-refractivity contribution >= 4 is 40.3 Å². The topological polar surface area (TPSA) is 99.9 Å². The van der Waals surface area contributed by atoms with E-state index in [2.05, 4.69) is 17.4 Å². The van der Waals surface area contributed by atoms with Crippen LogP contribution in [0.3, 0.4) is 0 Å². The van der Waals surface area contributed by atoms with Crippen molar-refractivity contribution < 1.29 is 23.2 Å². The average molecular weight is 644 g/mol. The first-order valence-electron chi connectivity index (χ1n) is 15.7. The number of fused-ring (bicyclic) bond motifs is 1. The Labute approximate surface area is 271 Å². The molecule has 8 nitrogen and oxygen atoms in total. The highest BCUT2D eigenvalue weighted by molar-refractivity contribution is 6.30. The van der Waals surface area contributed by atoms with Crippen LogP contribution in [-0.4, -0.2) is 53.2 Å². The summed E-state index contributed by atoms with van der Waals surface area (Å²) in [7, 11) is 0. The van der Waals surface area contributed by atoms with E-state index in [1.54, 1.807) is 29.2 Å². The maximum absolute atomic E-state index is 14.4. The summed E-state index contributed by atoms with van der Waals surface area (Å²) < 4.78 is 19.9. The van der Waals surface area contributed by atoms with Crippen LogP contribution in [0.1, 0.15) is 65.3 Å². The van der Waals surface area contributed by atoms with Crippen LogP contribution in [0.4, 0.5) is 4.39 Å². The molecule has 3 aromatic carbocycles. The molecule has 0 radical (unpaired) electrons. The van der Waals surface area contributed by atoms with Crippen LogP contribution in [0.15, 0.2) is 82.0 Å². The molecule has 3 amide bonds. The zero-order valence-electron chi connectivity index (χ0n) is 25.3. The minimum atomic E-state index is -0.968. The Balaban J connectivity index is 1.18. The lowest BCUT2D eigenvalue weighted by Gasteiger charge is -2.36. The number of nitrogens with zero attached hydrogens (tertiary/aromatic N) is 2. The fraction of sp³-hybridized carbons (Fsp3) is 0.333. The molecule has 3 heterocycles. The predicted octanol–water partition coefficient (Wildman–Crippen LogP) is 5.85. The van der Waals surface area contributed by atoms with Crippen molar-refractivity contribution in [2.45, 2.75) is 57.0 Å². The fourth-order valence-corrected chi connectivity index (χ4v) is 6.61. The van der Waals surface area contributed by atoms with Crippen LogP contribution >= 0.6 is 11.6 Å². The van der Waals surface area contributed by atoms with Gasteiger partial charge >= 0.3 is 0 Å². The molecule has 0 unspecified atom stereocenters. The van der Waals surface area contributed by atoms with Gasteiger partial charge in [0.25, 0.3) is 5.91 Å². The van der Waals surface area contributed by atoms with Crippen LogP contribution in [0.5, 0.6) is 0 Å². The van der Waals surface area contributed by atoms with E-state index in [0.717, 1.165) is 55.5 Å². The van der Waals surface area contributed by atoms with Crippen molar-refractivity contribution in [1.29, 1.82) is 0 Å². The third-order valence-electron chi connectivity index (χ3n) is 8.97. The summed E-state index contributed by atoms with van der Waals surface area (Å²) in [5.74, 6) is -1.76. The molecule has 0 saturated carbocycles. The van der Waals surface area contributed by atoms with Gasteiger partial charge in [-0.15, -0.1) is 0 Å². The van der Waals surface area contributed by atoms with Crippen LogP contribution in [0, 0.1) is 5.82 Å². The van der Waals surface area contributed by atoms with Crippen molar-refractivity contribution in [2.24, 2.45) is 0 Å². The maximum Gasteiger partial charge on any atom is 0.287 e. The zero-order chi connectivity index (χ0) is 32.2. The fourth-order valence-electron chi connectivity index (χ4n) is 6.48. The summed E-state index contributed by atoms with van der Waals surface area (Å²) in [6.07, 6.45) is 4.21. The molecule has 4 aromatic rings. The van der Waals surface area contributed by atoms with E-state index in [4.69, 9.17) is 16.0 Å². The van der Waals surface area contributed by atoms with Gasteiger partial charge in [-0.2, -0.15) is 0 Å². The van der Waals surface area contributed by atoms with E-state index in [9.17, 15) is 23.6 Å². The summed E-state index contributed by atoms with van der Waals surface area (Å²) in [6.45, 7) is 2.35. The summed E-state index contributed by atoms with van der Waals surface area (Å²) >= 11 is 6.07. The minimum Gasteiger partial charge on any atom is -0.448 e. The number of piperidine rings is 2. The van der Waals surface area contributed by atoms with Gasteiger partial charge in [0.05, 0.1) is 5.39 Å². The first kappa shape index (κ1) is 31.5. The number of hydrogen-bond donors (Lipinski definition) is 1. The number of likely N-dealkylation sites (tertiary alicyclic amines) is 2. The second-order valence-electron chi connectivity index (χ2n) is 12.0. The largest absolute Gasteiger partial charge is 0.448 e. The SMILES string of the molecule is O=C(N[C@H](Cc1ccc(Cl)cc1)C(=O)N1CCC(c2ccccc2CN2CCCCC2=O)CC1)c1cc(=O)c2cccc(F)c2o1. The molecule has 46 heavy (non-hydrogen) atoms. The van der Waals surface area contributed by atoms with E-state index in [-0.39, 0.29) is 40.9 Å².